The summed E-state index contributed by atoms with van der Waals surface area (Å²) >= 11 is 0. The quantitative estimate of drug-likeness (QED) is 0.400. The fourth-order valence-electron chi connectivity index (χ4n) is 2.96. The molecule has 1 saturated heterocycles. The van der Waals surface area contributed by atoms with Gasteiger partial charge >= 0.3 is 0 Å². The molecule has 0 bridgehead atoms. The van der Waals surface area contributed by atoms with Crippen molar-refractivity contribution in [2.45, 2.75) is 25.9 Å². The lowest BCUT2D eigenvalue weighted by molar-refractivity contribution is 0.613. The van der Waals surface area contributed by atoms with Gasteiger partial charge in [0.25, 0.3) is 0 Å². The van der Waals surface area contributed by atoms with Gasteiger partial charge in [-0.05, 0) is 31.5 Å². The van der Waals surface area contributed by atoms with Crippen molar-refractivity contribution >= 4 is 35.6 Å². The van der Waals surface area contributed by atoms with E-state index < -0.39 is 0 Å². The average molecular weight is 454 g/mol. The van der Waals surface area contributed by atoms with Crippen LogP contribution in [0.3, 0.4) is 0 Å². The number of anilines is 1. The normalized spacial score (nSPS) is 17.2. The Morgan fingerprint density at radius 2 is 2.12 bits per heavy atom. The maximum atomic E-state index is 4.66. The second-order valence-electron chi connectivity index (χ2n) is 5.94. The van der Waals surface area contributed by atoms with Crippen LogP contribution in [0.1, 0.15) is 13.3 Å². The monoisotopic (exact) mass is 454 g/mol. The largest absolute Gasteiger partial charge is 0.369 e. The fourth-order valence-corrected chi connectivity index (χ4v) is 2.96. The van der Waals surface area contributed by atoms with Crippen molar-refractivity contribution in [3.8, 4) is 0 Å². The third kappa shape index (κ3) is 5.91. The summed E-state index contributed by atoms with van der Waals surface area (Å²) in [7, 11) is 0. The van der Waals surface area contributed by atoms with Gasteiger partial charge in [-0.3, -0.25) is 9.67 Å². The molecule has 2 heterocycles. The highest BCUT2D eigenvalue weighted by molar-refractivity contribution is 14.0. The van der Waals surface area contributed by atoms with E-state index in [0.717, 1.165) is 38.6 Å². The highest BCUT2D eigenvalue weighted by Crippen LogP contribution is 2.19. The third-order valence-corrected chi connectivity index (χ3v) is 4.15. The number of halogens is 1. The Labute approximate surface area is 166 Å². The first-order valence-electron chi connectivity index (χ1n) is 8.67. The number of rotatable bonds is 6. The summed E-state index contributed by atoms with van der Waals surface area (Å²) in [5.41, 5.74) is 1.29. The highest BCUT2D eigenvalue weighted by atomic mass is 127. The Bertz CT molecular complexity index is 628. The van der Waals surface area contributed by atoms with E-state index in [1.165, 1.54) is 5.69 Å². The Balaban J connectivity index is 0.00000225. The first-order chi connectivity index (χ1) is 11.8. The topological polar surface area (TPSA) is 57.5 Å². The number of hydrogen-bond acceptors (Lipinski definition) is 3. The second kappa shape index (κ2) is 10.3. The molecular weight excluding hydrogens is 427 g/mol. The van der Waals surface area contributed by atoms with Crippen LogP contribution in [0.4, 0.5) is 5.69 Å². The Kier molecular flexibility index (Phi) is 8.03. The van der Waals surface area contributed by atoms with Gasteiger partial charge < -0.3 is 15.5 Å². The summed E-state index contributed by atoms with van der Waals surface area (Å²) in [5.74, 6) is 0.893. The molecule has 1 atom stereocenters. The van der Waals surface area contributed by atoms with Crippen LogP contribution >= 0.6 is 24.0 Å². The van der Waals surface area contributed by atoms with E-state index in [-0.39, 0.29) is 24.0 Å². The number of aliphatic imine (C=N–C) groups is 1. The molecule has 0 amide bonds. The van der Waals surface area contributed by atoms with Gasteiger partial charge in [-0.15, -0.1) is 24.0 Å². The van der Waals surface area contributed by atoms with Crippen LogP contribution in [0.25, 0.3) is 0 Å². The molecular formula is C18H27IN6. The molecule has 7 heteroatoms. The molecule has 0 saturated carbocycles. The van der Waals surface area contributed by atoms with Crippen molar-refractivity contribution in [1.29, 1.82) is 0 Å². The number of aromatic nitrogens is 2. The lowest BCUT2D eigenvalue weighted by Gasteiger charge is -2.20. The molecule has 2 aromatic rings. The van der Waals surface area contributed by atoms with E-state index in [2.05, 4.69) is 62.9 Å². The van der Waals surface area contributed by atoms with Crippen LogP contribution in [0, 0.1) is 0 Å². The van der Waals surface area contributed by atoms with Crippen LogP contribution in [0.5, 0.6) is 0 Å². The SMILES string of the molecule is CCNC(=NCCn1cccn1)NC1CCN(c2ccccc2)C1.I. The standard InChI is InChI=1S/C18H26N6.HI/c1-2-19-18(20-11-14-24-12-6-10-21-24)22-16-9-13-23(15-16)17-7-4-3-5-8-17;/h3-8,10,12,16H,2,9,11,13-15H2,1H3,(H2,19,20,22);1H. The van der Waals surface area contributed by atoms with Gasteiger partial charge in [-0.1, -0.05) is 18.2 Å². The van der Waals surface area contributed by atoms with Crippen LogP contribution in [-0.2, 0) is 6.54 Å². The van der Waals surface area contributed by atoms with Crippen molar-refractivity contribution in [3.63, 3.8) is 0 Å². The number of nitrogens with one attached hydrogen (secondary N) is 2. The highest BCUT2D eigenvalue weighted by Gasteiger charge is 2.23. The van der Waals surface area contributed by atoms with Gasteiger partial charge in [0.2, 0.25) is 0 Å². The minimum Gasteiger partial charge on any atom is -0.369 e. The molecule has 1 unspecified atom stereocenters. The number of para-hydroxylation sites is 1. The van der Waals surface area contributed by atoms with Crippen molar-refractivity contribution in [3.05, 3.63) is 48.8 Å². The first-order valence-corrected chi connectivity index (χ1v) is 8.67. The van der Waals surface area contributed by atoms with Crippen LogP contribution < -0.4 is 15.5 Å². The second-order valence-corrected chi connectivity index (χ2v) is 5.94. The maximum Gasteiger partial charge on any atom is 0.191 e. The smallest absolute Gasteiger partial charge is 0.191 e. The van der Waals surface area contributed by atoms with Crippen LogP contribution in [0.15, 0.2) is 53.8 Å². The summed E-state index contributed by atoms with van der Waals surface area (Å²) in [6, 6.07) is 13.0. The Morgan fingerprint density at radius 3 is 2.84 bits per heavy atom. The van der Waals surface area contributed by atoms with Crippen molar-refractivity contribution in [2.75, 3.05) is 31.1 Å². The number of benzene rings is 1. The third-order valence-electron chi connectivity index (χ3n) is 4.15. The molecule has 25 heavy (non-hydrogen) atoms. The number of hydrogen-bond donors (Lipinski definition) is 2. The average Bonchev–Trinajstić information content (AvgIpc) is 3.28. The summed E-state index contributed by atoms with van der Waals surface area (Å²) in [5, 5.41) is 11.1. The van der Waals surface area contributed by atoms with E-state index in [1.807, 2.05) is 16.9 Å². The van der Waals surface area contributed by atoms with Gasteiger partial charge in [0.05, 0.1) is 13.1 Å². The molecule has 1 aliphatic rings. The molecule has 136 valence electrons. The molecule has 1 aromatic carbocycles. The van der Waals surface area contributed by atoms with Gasteiger partial charge in [0, 0.05) is 43.8 Å². The lowest BCUT2D eigenvalue weighted by Crippen LogP contribution is -2.44. The molecule has 1 fully saturated rings. The molecule has 3 rings (SSSR count). The zero-order valence-electron chi connectivity index (χ0n) is 14.6. The van der Waals surface area contributed by atoms with Crippen molar-refractivity contribution in [1.82, 2.24) is 20.4 Å². The van der Waals surface area contributed by atoms with E-state index >= 15 is 0 Å². The van der Waals surface area contributed by atoms with Crippen molar-refractivity contribution < 1.29 is 0 Å². The van der Waals surface area contributed by atoms with E-state index in [9.17, 15) is 0 Å². The predicted molar refractivity (Wildman–Crippen MR) is 114 cm³/mol. The summed E-state index contributed by atoms with van der Waals surface area (Å²) < 4.78 is 1.90. The zero-order chi connectivity index (χ0) is 16.6. The van der Waals surface area contributed by atoms with Gasteiger partial charge in [-0.25, -0.2) is 0 Å². The van der Waals surface area contributed by atoms with Crippen LogP contribution in [-0.4, -0.2) is 48.0 Å². The predicted octanol–water partition coefficient (Wildman–Crippen LogP) is 2.34. The number of guanidine groups is 1. The Morgan fingerprint density at radius 1 is 1.28 bits per heavy atom. The van der Waals surface area contributed by atoms with E-state index in [1.54, 1.807) is 6.20 Å². The summed E-state index contributed by atoms with van der Waals surface area (Å²) in [6.07, 6.45) is 4.88. The van der Waals surface area contributed by atoms with Crippen molar-refractivity contribution in [2.24, 2.45) is 4.99 Å². The molecule has 1 aromatic heterocycles. The van der Waals surface area contributed by atoms with Gasteiger partial charge in [0.1, 0.15) is 0 Å². The molecule has 0 radical (unpaired) electrons. The van der Waals surface area contributed by atoms with E-state index in [4.69, 9.17) is 0 Å². The zero-order valence-corrected chi connectivity index (χ0v) is 17.0. The van der Waals surface area contributed by atoms with E-state index in [0.29, 0.717) is 12.6 Å². The fraction of sp³-hybridized carbons (Fsp3) is 0.444. The molecule has 1 aliphatic heterocycles. The molecule has 2 N–H and O–H groups in total. The first kappa shape index (κ1) is 19.6. The van der Waals surface area contributed by atoms with Gasteiger partial charge in [0.15, 0.2) is 5.96 Å². The number of nitrogens with zero attached hydrogens (tertiary/aromatic N) is 4. The minimum atomic E-state index is 0. The molecule has 6 nitrogen and oxygen atoms in total. The lowest BCUT2D eigenvalue weighted by atomic mass is 10.3. The van der Waals surface area contributed by atoms with Crippen LogP contribution in [0.2, 0.25) is 0 Å². The maximum absolute atomic E-state index is 4.66. The Hall–Kier alpha value is -1.77. The summed E-state index contributed by atoms with van der Waals surface area (Å²) in [6.45, 7) is 6.55. The molecule has 0 aliphatic carbocycles. The van der Waals surface area contributed by atoms with Gasteiger partial charge in [-0.2, -0.15) is 5.10 Å². The minimum absolute atomic E-state index is 0. The molecule has 0 spiro atoms. The summed E-state index contributed by atoms with van der Waals surface area (Å²) in [4.78, 5) is 7.09.